The van der Waals surface area contributed by atoms with E-state index < -0.39 is 9.84 Å². The minimum Gasteiger partial charge on any atom is -0.314 e. The van der Waals surface area contributed by atoms with E-state index in [1.165, 1.54) is 18.2 Å². The van der Waals surface area contributed by atoms with Crippen LogP contribution in [-0.4, -0.2) is 27.3 Å². The molecule has 1 saturated carbocycles. The first kappa shape index (κ1) is 13.6. The summed E-state index contributed by atoms with van der Waals surface area (Å²) in [4.78, 5) is 0.409. The van der Waals surface area contributed by atoms with Crippen LogP contribution in [0.5, 0.6) is 0 Å². The average Bonchev–Trinajstić information content (AvgIpc) is 2.26. The molecule has 1 aromatic carbocycles. The molecule has 0 unspecified atom stereocenters. The maximum Gasteiger partial charge on any atom is 0.175 e. The number of nitrogens with one attached hydrogen (secondary N) is 1. The molecule has 2 rings (SSSR count). The Morgan fingerprint density at radius 3 is 2.33 bits per heavy atom. The lowest BCUT2D eigenvalue weighted by Crippen LogP contribution is -2.40. The van der Waals surface area contributed by atoms with Gasteiger partial charge in [0.2, 0.25) is 0 Å². The fourth-order valence-electron chi connectivity index (χ4n) is 2.39. The Bertz CT molecular complexity index is 487. The topological polar surface area (TPSA) is 46.2 Å². The van der Waals surface area contributed by atoms with Crippen LogP contribution in [0.3, 0.4) is 0 Å². The lowest BCUT2D eigenvalue weighted by Gasteiger charge is -2.36. The van der Waals surface area contributed by atoms with Gasteiger partial charge in [0.25, 0.3) is 0 Å². The van der Waals surface area contributed by atoms with Crippen LogP contribution in [0, 0.1) is 0 Å². The van der Waals surface area contributed by atoms with Crippen LogP contribution in [0.2, 0.25) is 0 Å². The molecule has 0 radical (unpaired) electrons. The molecule has 1 aliphatic rings. The number of sulfone groups is 1. The van der Waals surface area contributed by atoms with Crippen LogP contribution in [0.1, 0.15) is 37.7 Å². The third-order valence-electron chi connectivity index (χ3n) is 3.60. The highest BCUT2D eigenvalue weighted by molar-refractivity contribution is 7.90. The van der Waals surface area contributed by atoms with Crippen molar-refractivity contribution in [3.05, 3.63) is 29.8 Å². The largest absolute Gasteiger partial charge is 0.314 e. The van der Waals surface area contributed by atoms with E-state index in [9.17, 15) is 8.42 Å². The summed E-state index contributed by atoms with van der Waals surface area (Å²) in [5.41, 5.74) is 1.26. The van der Waals surface area contributed by atoms with Crippen molar-refractivity contribution in [2.45, 2.75) is 43.0 Å². The molecule has 0 atom stereocenters. The van der Waals surface area contributed by atoms with Crippen molar-refractivity contribution in [3.63, 3.8) is 0 Å². The van der Waals surface area contributed by atoms with Crippen LogP contribution < -0.4 is 5.32 Å². The van der Waals surface area contributed by atoms with E-state index in [4.69, 9.17) is 0 Å². The maximum atomic E-state index is 11.4. The molecule has 1 N–H and O–H groups in total. The SMILES string of the molecule is CCCNC1CC(c2ccc(S(C)(=O)=O)cc2)C1. The summed E-state index contributed by atoms with van der Waals surface area (Å²) in [6.07, 6.45) is 4.75. The Morgan fingerprint density at radius 2 is 1.83 bits per heavy atom. The fraction of sp³-hybridized carbons (Fsp3) is 0.571. The summed E-state index contributed by atoms with van der Waals surface area (Å²) in [7, 11) is -3.07. The molecule has 1 aromatic rings. The van der Waals surface area contributed by atoms with Crippen molar-refractivity contribution >= 4 is 9.84 Å². The zero-order chi connectivity index (χ0) is 13.2. The quantitative estimate of drug-likeness (QED) is 0.890. The molecule has 3 nitrogen and oxygen atoms in total. The zero-order valence-corrected chi connectivity index (χ0v) is 11.8. The van der Waals surface area contributed by atoms with E-state index >= 15 is 0 Å². The van der Waals surface area contributed by atoms with Crippen LogP contribution in [0.25, 0.3) is 0 Å². The monoisotopic (exact) mass is 267 g/mol. The standard InChI is InChI=1S/C14H21NO2S/c1-3-8-15-13-9-12(10-13)11-4-6-14(7-5-11)18(2,16)17/h4-7,12-13,15H,3,8-10H2,1-2H3. The van der Waals surface area contributed by atoms with Gasteiger partial charge in [0.05, 0.1) is 4.90 Å². The second-order valence-corrected chi connectivity index (χ2v) is 7.18. The highest BCUT2D eigenvalue weighted by Gasteiger charge is 2.29. The van der Waals surface area contributed by atoms with Crippen LogP contribution in [0.15, 0.2) is 29.2 Å². The number of benzene rings is 1. The molecule has 18 heavy (non-hydrogen) atoms. The Hall–Kier alpha value is -0.870. The highest BCUT2D eigenvalue weighted by atomic mass is 32.2. The van der Waals surface area contributed by atoms with E-state index in [0.717, 1.165) is 19.4 Å². The van der Waals surface area contributed by atoms with Gasteiger partial charge in [0.15, 0.2) is 9.84 Å². The molecule has 0 heterocycles. The van der Waals surface area contributed by atoms with Gasteiger partial charge in [-0.3, -0.25) is 0 Å². The summed E-state index contributed by atoms with van der Waals surface area (Å²) < 4.78 is 22.7. The molecule has 0 saturated heterocycles. The van der Waals surface area contributed by atoms with Crippen molar-refractivity contribution in [2.24, 2.45) is 0 Å². The lowest BCUT2D eigenvalue weighted by atomic mass is 9.76. The normalized spacial score (nSPS) is 23.7. The minimum atomic E-state index is -3.07. The van der Waals surface area contributed by atoms with Crippen molar-refractivity contribution in [1.29, 1.82) is 0 Å². The molecule has 100 valence electrons. The zero-order valence-electron chi connectivity index (χ0n) is 11.0. The van der Waals surface area contributed by atoms with Crippen LogP contribution >= 0.6 is 0 Å². The number of hydrogen-bond acceptors (Lipinski definition) is 3. The minimum absolute atomic E-state index is 0.409. The van der Waals surface area contributed by atoms with Gasteiger partial charge in [0, 0.05) is 12.3 Å². The average molecular weight is 267 g/mol. The summed E-state index contributed by atoms with van der Waals surface area (Å²) in [6, 6.07) is 7.99. The summed E-state index contributed by atoms with van der Waals surface area (Å²) in [5.74, 6) is 0.591. The number of hydrogen-bond donors (Lipinski definition) is 1. The van der Waals surface area contributed by atoms with Crippen molar-refractivity contribution in [1.82, 2.24) is 5.32 Å². The fourth-order valence-corrected chi connectivity index (χ4v) is 3.02. The Balaban J connectivity index is 1.93. The second kappa shape index (κ2) is 5.41. The highest BCUT2D eigenvalue weighted by Crippen LogP contribution is 2.37. The van der Waals surface area contributed by atoms with Gasteiger partial charge in [-0.2, -0.15) is 0 Å². The van der Waals surface area contributed by atoms with E-state index in [1.807, 2.05) is 12.1 Å². The van der Waals surface area contributed by atoms with Gasteiger partial charge >= 0.3 is 0 Å². The molecule has 1 aliphatic carbocycles. The third-order valence-corrected chi connectivity index (χ3v) is 4.73. The Kier molecular flexibility index (Phi) is 4.07. The molecule has 0 aliphatic heterocycles. The summed E-state index contributed by atoms with van der Waals surface area (Å²) >= 11 is 0. The lowest BCUT2D eigenvalue weighted by molar-refractivity contribution is 0.292. The maximum absolute atomic E-state index is 11.4. The van der Waals surface area contributed by atoms with Crippen LogP contribution in [0.4, 0.5) is 0 Å². The van der Waals surface area contributed by atoms with E-state index in [1.54, 1.807) is 12.1 Å². The number of rotatable bonds is 5. The van der Waals surface area contributed by atoms with Gasteiger partial charge in [0.1, 0.15) is 0 Å². The Labute approximate surface area is 110 Å². The van der Waals surface area contributed by atoms with Gasteiger partial charge in [-0.15, -0.1) is 0 Å². The molecule has 0 amide bonds. The molecule has 4 heteroatoms. The van der Waals surface area contributed by atoms with Gasteiger partial charge in [-0.25, -0.2) is 8.42 Å². The summed E-state index contributed by atoms with van der Waals surface area (Å²) in [5, 5.41) is 3.51. The van der Waals surface area contributed by atoms with Gasteiger partial charge < -0.3 is 5.32 Å². The smallest absolute Gasteiger partial charge is 0.175 e. The first-order valence-electron chi connectivity index (χ1n) is 6.54. The van der Waals surface area contributed by atoms with Crippen molar-refractivity contribution in [3.8, 4) is 0 Å². The first-order valence-corrected chi connectivity index (χ1v) is 8.43. The van der Waals surface area contributed by atoms with Gasteiger partial charge in [-0.05, 0) is 49.4 Å². The van der Waals surface area contributed by atoms with Crippen molar-refractivity contribution in [2.75, 3.05) is 12.8 Å². The molecule has 0 bridgehead atoms. The first-order chi connectivity index (χ1) is 8.50. The third kappa shape index (κ3) is 3.12. The molecule has 0 aromatic heterocycles. The van der Waals surface area contributed by atoms with E-state index in [2.05, 4.69) is 12.2 Å². The van der Waals surface area contributed by atoms with Gasteiger partial charge in [-0.1, -0.05) is 19.1 Å². The van der Waals surface area contributed by atoms with Crippen LogP contribution in [-0.2, 0) is 9.84 Å². The summed E-state index contributed by atoms with van der Waals surface area (Å²) in [6.45, 7) is 3.26. The predicted octanol–water partition coefficient (Wildman–Crippen LogP) is 2.34. The molecular weight excluding hydrogens is 246 g/mol. The predicted molar refractivity (Wildman–Crippen MR) is 73.6 cm³/mol. The van der Waals surface area contributed by atoms with E-state index in [0.29, 0.717) is 16.9 Å². The van der Waals surface area contributed by atoms with E-state index in [-0.39, 0.29) is 0 Å². The molecular formula is C14H21NO2S. The Morgan fingerprint density at radius 1 is 1.22 bits per heavy atom. The molecule has 1 fully saturated rings. The second-order valence-electron chi connectivity index (χ2n) is 5.16. The molecule has 0 spiro atoms. The van der Waals surface area contributed by atoms with Crippen molar-refractivity contribution < 1.29 is 8.42 Å².